The third-order valence-corrected chi connectivity index (χ3v) is 11.0. The van der Waals surface area contributed by atoms with Crippen molar-refractivity contribution in [1.82, 2.24) is 31.5 Å². The van der Waals surface area contributed by atoms with E-state index in [1.807, 2.05) is 0 Å². The van der Waals surface area contributed by atoms with Crippen LogP contribution in [0.1, 0.15) is 46.0 Å². The summed E-state index contributed by atoms with van der Waals surface area (Å²) in [6, 6.07) is -1.16. The number of methoxy groups -OCH3 is 1. The lowest BCUT2D eigenvalue weighted by Crippen LogP contribution is -2.58. The van der Waals surface area contributed by atoms with Crippen molar-refractivity contribution in [3.8, 4) is 0 Å². The largest absolute Gasteiger partial charge is 0.380 e. The summed E-state index contributed by atoms with van der Waals surface area (Å²) in [6.45, 7) is 5.42. The Morgan fingerprint density at radius 1 is 1.10 bits per heavy atom. The molecule has 5 fully saturated rings. The number of rotatable bonds is 6. The van der Waals surface area contributed by atoms with Crippen LogP contribution in [0.3, 0.4) is 0 Å². The monoisotopic (exact) mass is 592 g/mol. The van der Waals surface area contributed by atoms with Crippen molar-refractivity contribution in [3.05, 3.63) is 0 Å². The number of nitrogens with zero attached hydrogens (tertiary/aromatic N) is 1. The van der Waals surface area contributed by atoms with Gasteiger partial charge in [-0.05, 0) is 50.9 Å². The average Bonchev–Trinajstić information content (AvgIpc) is 3.46. The highest BCUT2D eigenvalue weighted by Crippen LogP contribution is 2.39. The molecule has 13 heteroatoms. The minimum Gasteiger partial charge on any atom is -0.380 e. The van der Waals surface area contributed by atoms with Gasteiger partial charge >= 0.3 is 0 Å². The second kappa shape index (κ2) is 12.2. The predicted octanol–water partition coefficient (Wildman–Crippen LogP) is 1.27. The molecule has 2 amide bonds. The molecular weight excluding hydrogens is 550 g/mol. The van der Waals surface area contributed by atoms with E-state index in [9.17, 15) is 18.4 Å². The topological polar surface area (TPSA) is 107 Å². The maximum absolute atomic E-state index is 13.8. The van der Waals surface area contributed by atoms with Gasteiger partial charge in [0.15, 0.2) is 0 Å². The van der Waals surface area contributed by atoms with Crippen molar-refractivity contribution in [1.29, 1.82) is 0 Å². The van der Waals surface area contributed by atoms with Crippen LogP contribution in [0.15, 0.2) is 0 Å². The summed E-state index contributed by atoms with van der Waals surface area (Å²) in [6.07, 6.45) is 3.24. The molecule has 5 aliphatic heterocycles. The summed E-state index contributed by atoms with van der Waals surface area (Å²) in [5.41, 5.74) is -0.353. The van der Waals surface area contributed by atoms with Crippen LogP contribution in [-0.2, 0) is 14.3 Å². The second-order valence-corrected chi connectivity index (χ2v) is 14.0. The number of halogens is 3. The molecule has 5 rings (SSSR count). The van der Waals surface area contributed by atoms with Gasteiger partial charge in [0, 0.05) is 57.5 Å². The zero-order valence-electron chi connectivity index (χ0n) is 22.9. The smallest absolute Gasteiger partial charge is 0.260 e. The molecule has 11 unspecified atom stereocenters. The first-order valence-electron chi connectivity index (χ1n) is 14.3. The van der Waals surface area contributed by atoms with Crippen molar-refractivity contribution >= 4 is 35.2 Å². The van der Waals surface area contributed by atoms with E-state index in [2.05, 4.69) is 33.5 Å². The zero-order chi connectivity index (χ0) is 27.9. The maximum atomic E-state index is 13.8. The molecule has 0 aromatic rings. The van der Waals surface area contributed by atoms with Gasteiger partial charge in [0.25, 0.3) is 5.92 Å². The SMILES string of the molecule is COC1CNC(Cl)CC1C1CC(C)NCC1C(=O)NC1NC2CN(C(=O)C3CCCC(C(C)(F)F)N3)CC2S1. The first-order valence-corrected chi connectivity index (χ1v) is 15.7. The van der Waals surface area contributed by atoms with Gasteiger partial charge in [0.1, 0.15) is 5.50 Å². The molecule has 0 aromatic heterocycles. The summed E-state index contributed by atoms with van der Waals surface area (Å²) in [5, 5.41) is 16.5. The van der Waals surface area contributed by atoms with E-state index in [-0.39, 0.29) is 58.0 Å². The summed E-state index contributed by atoms with van der Waals surface area (Å²) in [7, 11) is 1.72. The van der Waals surface area contributed by atoms with Crippen molar-refractivity contribution in [2.24, 2.45) is 17.8 Å². The van der Waals surface area contributed by atoms with Crippen LogP contribution in [0.4, 0.5) is 8.78 Å². The first kappa shape index (κ1) is 29.7. The Balaban J connectivity index is 1.15. The third kappa shape index (κ3) is 6.67. The summed E-state index contributed by atoms with van der Waals surface area (Å²) in [5.74, 6) is -2.75. The summed E-state index contributed by atoms with van der Waals surface area (Å²) in [4.78, 5) is 28.5. The lowest BCUT2D eigenvalue weighted by Gasteiger charge is -2.45. The van der Waals surface area contributed by atoms with Crippen LogP contribution in [-0.4, -0.2) is 102 Å². The Labute approximate surface area is 239 Å². The van der Waals surface area contributed by atoms with Gasteiger partial charge in [0.05, 0.1) is 29.6 Å². The number of hydrogen-bond donors (Lipinski definition) is 5. The minimum atomic E-state index is -2.85. The molecule has 5 aliphatic rings. The predicted molar refractivity (Wildman–Crippen MR) is 148 cm³/mol. The van der Waals surface area contributed by atoms with E-state index in [0.717, 1.165) is 19.8 Å². The number of alkyl halides is 3. The number of thioether (sulfide) groups is 1. The number of nitrogens with one attached hydrogen (secondary N) is 5. The van der Waals surface area contributed by atoms with Crippen molar-refractivity contribution in [2.75, 3.05) is 33.3 Å². The molecule has 9 nitrogen and oxygen atoms in total. The van der Waals surface area contributed by atoms with Crippen molar-refractivity contribution < 1.29 is 23.1 Å². The van der Waals surface area contributed by atoms with Gasteiger partial charge in [-0.1, -0.05) is 0 Å². The fraction of sp³-hybridized carbons (Fsp3) is 0.923. The molecule has 5 N–H and O–H groups in total. The third-order valence-electron chi connectivity index (χ3n) is 9.34. The van der Waals surface area contributed by atoms with E-state index >= 15 is 0 Å². The number of fused-ring (bicyclic) bond motifs is 1. The van der Waals surface area contributed by atoms with Crippen LogP contribution in [0.2, 0.25) is 0 Å². The molecular formula is C26H43ClF2N6O3S. The first-order chi connectivity index (χ1) is 18.5. The van der Waals surface area contributed by atoms with Gasteiger partial charge in [-0.25, -0.2) is 8.78 Å². The highest BCUT2D eigenvalue weighted by atomic mass is 35.5. The number of hydrogen-bond acceptors (Lipinski definition) is 8. The molecule has 5 heterocycles. The average molecular weight is 593 g/mol. The fourth-order valence-electron chi connectivity index (χ4n) is 7.20. The summed E-state index contributed by atoms with van der Waals surface area (Å²) >= 11 is 8.09. The number of carbonyl (C=O) groups is 2. The van der Waals surface area contributed by atoms with E-state index in [1.54, 1.807) is 23.8 Å². The Hall–Kier alpha value is -0.760. The molecule has 11 atom stereocenters. The molecule has 0 spiro atoms. The lowest BCUT2D eigenvalue weighted by atomic mass is 9.70. The van der Waals surface area contributed by atoms with E-state index in [0.29, 0.717) is 51.5 Å². The fourth-order valence-corrected chi connectivity index (χ4v) is 8.90. The van der Waals surface area contributed by atoms with Crippen LogP contribution in [0, 0.1) is 17.8 Å². The molecule has 0 aromatic carbocycles. The highest BCUT2D eigenvalue weighted by molar-refractivity contribution is 8.00. The van der Waals surface area contributed by atoms with Crippen LogP contribution < -0.4 is 26.6 Å². The lowest BCUT2D eigenvalue weighted by molar-refractivity contribution is -0.135. The molecule has 0 radical (unpaired) electrons. The highest BCUT2D eigenvalue weighted by Gasteiger charge is 2.48. The molecule has 222 valence electrons. The van der Waals surface area contributed by atoms with Gasteiger partial charge < -0.3 is 20.3 Å². The number of ether oxygens (including phenoxy) is 1. The van der Waals surface area contributed by atoms with Gasteiger partial charge in [0.2, 0.25) is 11.8 Å². The van der Waals surface area contributed by atoms with E-state index in [4.69, 9.17) is 16.3 Å². The van der Waals surface area contributed by atoms with Gasteiger partial charge in [-0.15, -0.1) is 23.4 Å². The van der Waals surface area contributed by atoms with Gasteiger partial charge in [-0.2, -0.15) is 0 Å². The molecule has 0 saturated carbocycles. The van der Waals surface area contributed by atoms with Gasteiger partial charge in [-0.3, -0.25) is 25.5 Å². The van der Waals surface area contributed by atoms with E-state index < -0.39 is 18.0 Å². The van der Waals surface area contributed by atoms with Crippen molar-refractivity contribution in [2.45, 2.75) is 98.4 Å². The Morgan fingerprint density at radius 2 is 1.90 bits per heavy atom. The zero-order valence-corrected chi connectivity index (χ0v) is 24.5. The molecule has 0 aliphatic carbocycles. The Bertz CT molecular complexity index is 888. The quantitative estimate of drug-likeness (QED) is 0.232. The van der Waals surface area contributed by atoms with Crippen LogP contribution >= 0.6 is 23.4 Å². The minimum absolute atomic E-state index is 0.0185. The Kier molecular flexibility index (Phi) is 9.32. The normalized spacial score (nSPS) is 43.2. The molecule has 5 saturated heterocycles. The maximum Gasteiger partial charge on any atom is 0.260 e. The summed E-state index contributed by atoms with van der Waals surface area (Å²) < 4.78 is 33.5. The standard InChI is InChI=1S/C26H43ClF2N6O3S/c1-13-7-14(15-8-22(27)31-10-19(15)38-3)16(9-30-13)23(36)34-25-33-18-11-35(12-20(18)39-25)24(37)17-5-4-6-21(32-17)26(2,28)29/h13-22,25,30-33H,4-12H2,1-3H3,(H,34,36). The van der Waals surface area contributed by atoms with E-state index in [1.165, 1.54) is 0 Å². The van der Waals surface area contributed by atoms with Crippen molar-refractivity contribution in [3.63, 3.8) is 0 Å². The molecule has 0 bridgehead atoms. The van der Waals surface area contributed by atoms with Crippen LogP contribution in [0.25, 0.3) is 0 Å². The Morgan fingerprint density at radius 3 is 2.62 bits per heavy atom. The van der Waals surface area contributed by atoms with Crippen LogP contribution in [0.5, 0.6) is 0 Å². The molecule has 39 heavy (non-hydrogen) atoms. The second-order valence-electron chi connectivity index (χ2n) is 12.1. The number of carbonyl (C=O) groups excluding carboxylic acids is 2. The number of likely N-dealkylation sites (tertiary alicyclic amines) is 1. The number of piperidine rings is 3. The number of amides is 2.